The highest BCUT2D eigenvalue weighted by molar-refractivity contribution is 5.82. The molecule has 0 spiro atoms. The number of rotatable bonds is 3. The predicted octanol–water partition coefficient (Wildman–Crippen LogP) is 0.653. The van der Waals surface area contributed by atoms with Crippen LogP contribution >= 0.6 is 0 Å². The Morgan fingerprint density at radius 1 is 1.47 bits per heavy atom. The molecule has 0 bridgehead atoms. The zero-order chi connectivity index (χ0) is 13.8. The van der Waals surface area contributed by atoms with Crippen LogP contribution in [0.5, 0.6) is 0 Å². The summed E-state index contributed by atoms with van der Waals surface area (Å²) in [5, 5.41) is 8.99. The van der Waals surface area contributed by atoms with E-state index in [-0.39, 0.29) is 11.9 Å². The second-order valence-electron chi connectivity index (χ2n) is 4.87. The van der Waals surface area contributed by atoms with Crippen LogP contribution in [0, 0.1) is 11.3 Å². The number of nitrogens with two attached hydrogens (primary N) is 2. The number of nitriles is 1. The van der Waals surface area contributed by atoms with E-state index in [0.29, 0.717) is 18.7 Å². The van der Waals surface area contributed by atoms with E-state index in [1.54, 1.807) is 17.0 Å². The number of likely N-dealkylation sites (tertiary alicyclic amines) is 1. The molecule has 1 aliphatic heterocycles. The molecule has 1 aliphatic rings. The van der Waals surface area contributed by atoms with Gasteiger partial charge in [-0.2, -0.15) is 5.26 Å². The minimum atomic E-state index is -0.599. The van der Waals surface area contributed by atoms with Crippen LogP contribution in [0.25, 0.3) is 0 Å². The first-order valence-corrected chi connectivity index (χ1v) is 6.42. The smallest absolute Gasteiger partial charge is 0.240 e. The Morgan fingerprint density at radius 3 is 2.79 bits per heavy atom. The Kier molecular flexibility index (Phi) is 4.03. The van der Waals surface area contributed by atoms with Crippen LogP contribution in [0.4, 0.5) is 5.69 Å². The van der Waals surface area contributed by atoms with Gasteiger partial charge in [-0.05, 0) is 37.0 Å². The van der Waals surface area contributed by atoms with Gasteiger partial charge >= 0.3 is 0 Å². The van der Waals surface area contributed by atoms with Gasteiger partial charge in [-0.15, -0.1) is 0 Å². The first-order valence-electron chi connectivity index (χ1n) is 6.42. The lowest BCUT2D eigenvalue weighted by atomic mass is 10.0. The number of hydrogen-bond donors (Lipinski definition) is 2. The van der Waals surface area contributed by atoms with Crippen molar-refractivity contribution < 1.29 is 4.79 Å². The number of carbonyl (C=O) groups excluding carboxylic acids is 1. The van der Waals surface area contributed by atoms with Crippen LogP contribution in [-0.2, 0) is 11.2 Å². The van der Waals surface area contributed by atoms with Crippen LogP contribution in [0.3, 0.4) is 0 Å². The van der Waals surface area contributed by atoms with Crippen LogP contribution in [-0.4, -0.2) is 29.4 Å². The molecule has 100 valence electrons. The van der Waals surface area contributed by atoms with E-state index in [2.05, 4.69) is 6.07 Å². The van der Waals surface area contributed by atoms with Gasteiger partial charge in [0.2, 0.25) is 5.91 Å². The third-order valence-corrected chi connectivity index (χ3v) is 3.44. The predicted molar refractivity (Wildman–Crippen MR) is 72.9 cm³/mol. The Balaban J connectivity index is 1.99. The van der Waals surface area contributed by atoms with E-state index in [0.717, 1.165) is 18.4 Å². The summed E-state index contributed by atoms with van der Waals surface area (Å²) in [6.45, 7) is 0.631. The van der Waals surface area contributed by atoms with E-state index in [1.165, 1.54) is 0 Å². The van der Waals surface area contributed by atoms with E-state index >= 15 is 0 Å². The van der Waals surface area contributed by atoms with Gasteiger partial charge in [-0.25, -0.2) is 0 Å². The summed E-state index contributed by atoms with van der Waals surface area (Å²) in [6.07, 6.45) is 2.09. The zero-order valence-corrected chi connectivity index (χ0v) is 10.7. The Morgan fingerprint density at radius 2 is 2.16 bits per heavy atom. The van der Waals surface area contributed by atoms with Gasteiger partial charge in [0.05, 0.1) is 12.1 Å². The highest BCUT2D eigenvalue weighted by atomic mass is 16.2. The number of benzene rings is 1. The number of amides is 1. The summed E-state index contributed by atoms with van der Waals surface area (Å²) in [5.41, 5.74) is 13.2. The molecule has 1 aromatic rings. The van der Waals surface area contributed by atoms with E-state index in [4.69, 9.17) is 16.7 Å². The van der Waals surface area contributed by atoms with Crippen molar-refractivity contribution in [3.63, 3.8) is 0 Å². The highest BCUT2D eigenvalue weighted by Crippen LogP contribution is 2.18. The van der Waals surface area contributed by atoms with Gasteiger partial charge in [-0.3, -0.25) is 4.79 Å². The number of nitrogen functional groups attached to an aromatic ring is 1. The molecule has 2 atom stereocenters. The third kappa shape index (κ3) is 3.04. The molecule has 0 aromatic heterocycles. The SMILES string of the molecule is N#C[C@@H]1CCCN1C(=O)[C@@H](N)Cc1ccc(N)cc1. The van der Waals surface area contributed by atoms with Crippen molar-refractivity contribution in [3.05, 3.63) is 29.8 Å². The molecule has 1 saturated heterocycles. The fraction of sp³-hybridized carbons (Fsp3) is 0.429. The van der Waals surface area contributed by atoms with Crippen molar-refractivity contribution in [1.82, 2.24) is 4.90 Å². The molecule has 1 heterocycles. The van der Waals surface area contributed by atoms with Gasteiger partial charge < -0.3 is 16.4 Å². The molecule has 1 amide bonds. The molecule has 1 aromatic carbocycles. The number of carbonyl (C=O) groups is 1. The van der Waals surface area contributed by atoms with Gasteiger partial charge in [0, 0.05) is 12.2 Å². The van der Waals surface area contributed by atoms with Gasteiger partial charge in [0.15, 0.2) is 0 Å². The summed E-state index contributed by atoms with van der Waals surface area (Å²) in [7, 11) is 0. The van der Waals surface area contributed by atoms with Gasteiger partial charge in [-0.1, -0.05) is 12.1 Å². The molecule has 0 radical (unpaired) electrons. The van der Waals surface area contributed by atoms with Crippen LogP contribution in [0.2, 0.25) is 0 Å². The normalized spacial score (nSPS) is 20.0. The van der Waals surface area contributed by atoms with Crippen LogP contribution in [0.15, 0.2) is 24.3 Å². The van der Waals surface area contributed by atoms with Crippen molar-refractivity contribution in [2.45, 2.75) is 31.3 Å². The van der Waals surface area contributed by atoms with Crippen molar-refractivity contribution in [1.29, 1.82) is 5.26 Å². The van der Waals surface area contributed by atoms with Crippen molar-refractivity contribution in [3.8, 4) is 6.07 Å². The number of hydrogen-bond acceptors (Lipinski definition) is 4. The molecule has 1 fully saturated rings. The summed E-state index contributed by atoms with van der Waals surface area (Å²) in [5.74, 6) is -0.138. The van der Waals surface area contributed by atoms with Crippen molar-refractivity contribution >= 4 is 11.6 Å². The largest absolute Gasteiger partial charge is 0.399 e. The molecule has 5 heteroatoms. The van der Waals surface area contributed by atoms with E-state index < -0.39 is 6.04 Å². The van der Waals surface area contributed by atoms with E-state index in [1.807, 2.05) is 12.1 Å². The maximum absolute atomic E-state index is 12.2. The van der Waals surface area contributed by atoms with Crippen LogP contribution in [0.1, 0.15) is 18.4 Å². The molecule has 5 nitrogen and oxygen atoms in total. The maximum Gasteiger partial charge on any atom is 0.240 e. The minimum absolute atomic E-state index is 0.138. The average molecular weight is 258 g/mol. The Bertz CT molecular complexity index is 491. The second-order valence-corrected chi connectivity index (χ2v) is 4.87. The first kappa shape index (κ1) is 13.4. The monoisotopic (exact) mass is 258 g/mol. The molecule has 2 rings (SSSR count). The summed E-state index contributed by atoms with van der Waals surface area (Å²) in [6, 6.07) is 8.56. The lowest BCUT2D eigenvalue weighted by Gasteiger charge is -2.23. The quantitative estimate of drug-likeness (QED) is 0.778. The fourth-order valence-electron chi connectivity index (χ4n) is 2.37. The number of anilines is 1. The molecular weight excluding hydrogens is 240 g/mol. The first-order chi connectivity index (χ1) is 9.11. The topological polar surface area (TPSA) is 96.1 Å². The maximum atomic E-state index is 12.2. The molecule has 0 saturated carbocycles. The van der Waals surface area contributed by atoms with Crippen LogP contribution < -0.4 is 11.5 Å². The molecule has 0 unspecified atom stereocenters. The second kappa shape index (κ2) is 5.72. The summed E-state index contributed by atoms with van der Waals surface area (Å²) >= 11 is 0. The third-order valence-electron chi connectivity index (χ3n) is 3.44. The van der Waals surface area contributed by atoms with Gasteiger partial charge in [0.1, 0.15) is 6.04 Å². The lowest BCUT2D eigenvalue weighted by Crippen LogP contribution is -2.46. The Labute approximate surface area is 112 Å². The van der Waals surface area contributed by atoms with Gasteiger partial charge in [0.25, 0.3) is 0 Å². The fourth-order valence-corrected chi connectivity index (χ4v) is 2.37. The van der Waals surface area contributed by atoms with Crippen molar-refractivity contribution in [2.75, 3.05) is 12.3 Å². The molecule has 0 aliphatic carbocycles. The van der Waals surface area contributed by atoms with Crippen molar-refractivity contribution in [2.24, 2.45) is 5.73 Å². The average Bonchev–Trinajstić information content (AvgIpc) is 2.88. The Hall–Kier alpha value is -2.06. The molecule has 19 heavy (non-hydrogen) atoms. The zero-order valence-electron chi connectivity index (χ0n) is 10.7. The summed E-state index contributed by atoms with van der Waals surface area (Å²) < 4.78 is 0. The van der Waals surface area contributed by atoms with E-state index in [9.17, 15) is 4.79 Å². The summed E-state index contributed by atoms with van der Waals surface area (Å²) in [4.78, 5) is 13.8. The number of nitrogens with zero attached hydrogens (tertiary/aromatic N) is 2. The minimum Gasteiger partial charge on any atom is -0.399 e. The molecule has 4 N–H and O–H groups in total. The standard InChI is InChI=1S/C14H18N4O/c15-9-12-2-1-7-18(12)14(19)13(17)8-10-3-5-11(16)6-4-10/h3-6,12-13H,1-2,7-8,16-17H2/t12-,13-/m0/s1. The lowest BCUT2D eigenvalue weighted by molar-refractivity contribution is -0.132. The highest BCUT2D eigenvalue weighted by Gasteiger charge is 2.31. The molecular formula is C14H18N4O.